The van der Waals surface area contributed by atoms with Gasteiger partial charge in [-0.15, -0.1) is 0 Å². The first-order valence-corrected chi connectivity index (χ1v) is 10.2. The van der Waals surface area contributed by atoms with Crippen molar-refractivity contribution in [1.29, 1.82) is 0 Å². The molecular formula is C15H29N3O5S. The number of unbranched alkanes of at least 4 members (excludes halogenated alkanes) is 2. The molecular weight excluding hydrogens is 334 g/mol. The summed E-state index contributed by atoms with van der Waals surface area (Å²) in [5.41, 5.74) is 0. The second kappa shape index (κ2) is 9.67. The summed E-state index contributed by atoms with van der Waals surface area (Å²) in [5, 5.41) is 9.05. The minimum atomic E-state index is -3.56. The maximum atomic E-state index is 12.2. The summed E-state index contributed by atoms with van der Waals surface area (Å²) >= 11 is 0. The molecule has 2 fully saturated rings. The molecule has 2 N–H and O–H groups in total. The average molecular weight is 363 g/mol. The summed E-state index contributed by atoms with van der Waals surface area (Å²) in [5.74, 6) is -1.51. The Morgan fingerprint density at radius 3 is 2.62 bits per heavy atom. The van der Waals surface area contributed by atoms with Gasteiger partial charge < -0.3 is 9.84 Å². The molecule has 2 aliphatic heterocycles. The molecule has 24 heavy (non-hydrogen) atoms. The van der Waals surface area contributed by atoms with Crippen LogP contribution in [0.25, 0.3) is 0 Å². The Balaban J connectivity index is 1.61. The van der Waals surface area contributed by atoms with Gasteiger partial charge in [-0.3, -0.25) is 9.69 Å². The fraction of sp³-hybridized carbons (Fsp3) is 0.933. The van der Waals surface area contributed by atoms with Crippen LogP contribution in [0.3, 0.4) is 0 Å². The third-order valence-corrected chi connectivity index (χ3v) is 6.19. The predicted molar refractivity (Wildman–Crippen MR) is 90.0 cm³/mol. The van der Waals surface area contributed by atoms with Crippen LogP contribution < -0.4 is 4.72 Å². The Morgan fingerprint density at radius 2 is 1.92 bits per heavy atom. The third-order valence-electron chi connectivity index (χ3n) is 4.61. The number of aliphatic carboxylic acids is 1. The summed E-state index contributed by atoms with van der Waals surface area (Å²) in [6.07, 6.45) is 3.95. The second-order valence-corrected chi connectivity index (χ2v) is 8.20. The van der Waals surface area contributed by atoms with E-state index in [0.29, 0.717) is 25.9 Å². The minimum absolute atomic E-state index is 0.0711. The van der Waals surface area contributed by atoms with E-state index in [-0.39, 0.29) is 6.54 Å². The van der Waals surface area contributed by atoms with Gasteiger partial charge in [0.1, 0.15) is 0 Å². The van der Waals surface area contributed by atoms with Crippen LogP contribution in [0.2, 0.25) is 0 Å². The lowest BCUT2D eigenvalue weighted by molar-refractivity contribution is -0.142. The minimum Gasteiger partial charge on any atom is -0.481 e. The van der Waals surface area contributed by atoms with Gasteiger partial charge in [0.2, 0.25) is 0 Å². The first-order valence-electron chi connectivity index (χ1n) is 8.76. The van der Waals surface area contributed by atoms with Crippen LogP contribution in [0.1, 0.15) is 32.1 Å². The standard InChI is InChI=1S/C15H29N3O5S/c19-15(20)14-5-4-8-18(13-14)24(21,22)16-6-2-1-3-7-17-9-11-23-12-10-17/h14,16H,1-13H2,(H,19,20). The molecule has 0 aromatic carbocycles. The SMILES string of the molecule is O=C(O)C1CCCN(S(=O)(=O)NCCCCCN2CCOCC2)C1. The number of nitrogens with one attached hydrogen (secondary N) is 1. The fourth-order valence-electron chi connectivity index (χ4n) is 3.12. The molecule has 2 heterocycles. The molecule has 2 aliphatic rings. The largest absolute Gasteiger partial charge is 0.481 e. The number of nitrogens with zero attached hydrogens (tertiary/aromatic N) is 2. The zero-order valence-corrected chi connectivity index (χ0v) is 15.0. The second-order valence-electron chi connectivity index (χ2n) is 6.45. The van der Waals surface area contributed by atoms with Gasteiger partial charge in [-0.1, -0.05) is 6.42 Å². The maximum absolute atomic E-state index is 12.2. The van der Waals surface area contributed by atoms with E-state index < -0.39 is 22.1 Å². The van der Waals surface area contributed by atoms with Gasteiger partial charge in [-0.2, -0.15) is 12.7 Å². The summed E-state index contributed by atoms with van der Waals surface area (Å²) < 4.78 is 33.6. The van der Waals surface area contributed by atoms with E-state index in [9.17, 15) is 13.2 Å². The molecule has 1 unspecified atom stereocenters. The molecule has 2 rings (SSSR count). The van der Waals surface area contributed by atoms with Crippen LogP contribution in [0, 0.1) is 5.92 Å². The van der Waals surface area contributed by atoms with Crippen LogP contribution in [0.4, 0.5) is 0 Å². The number of carboxylic acid groups (broad SMARTS) is 1. The van der Waals surface area contributed by atoms with E-state index in [1.807, 2.05) is 0 Å². The first kappa shape index (κ1) is 19.6. The summed E-state index contributed by atoms with van der Waals surface area (Å²) in [6, 6.07) is 0. The zero-order valence-electron chi connectivity index (χ0n) is 14.2. The molecule has 9 heteroatoms. The monoisotopic (exact) mass is 363 g/mol. The average Bonchev–Trinajstić information content (AvgIpc) is 2.59. The topological polar surface area (TPSA) is 99.2 Å². The summed E-state index contributed by atoms with van der Waals surface area (Å²) in [6.45, 7) is 5.46. The van der Waals surface area contributed by atoms with Crippen molar-refractivity contribution in [3.8, 4) is 0 Å². The zero-order chi connectivity index (χ0) is 17.4. The number of ether oxygens (including phenoxy) is 1. The van der Waals surface area contributed by atoms with Crippen LogP contribution in [-0.2, 0) is 19.7 Å². The first-order chi connectivity index (χ1) is 11.5. The maximum Gasteiger partial charge on any atom is 0.307 e. The number of carbonyl (C=O) groups is 1. The molecule has 2 saturated heterocycles. The molecule has 0 amide bonds. The van der Waals surface area contributed by atoms with Gasteiger partial charge in [0, 0.05) is 32.7 Å². The molecule has 1 atom stereocenters. The number of carboxylic acids is 1. The van der Waals surface area contributed by atoms with E-state index >= 15 is 0 Å². The van der Waals surface area contributed by atoms with Crippen molar-refractivity contribution in [3.63, 3.8) is 0 Å². The van der Waals surface area contributed by atoms with Crippen molar-refractivity contribution >= 4 is 16.2 Å². The molecule has 0 radical (unpaired) electrons. The third kappa shape index (κ3) is 6.29. The van der Waals surface area contributed by atoms with Crippen molar-refractivity contribution in [1.82, 2.24) is 13.9 Å². The Kier molecular flexibility index (Phi) is 7.89. The van der Waals surface area contributed by atoms with Gasteiger partial charge >= 0.3 is 5.97 Å². The molecule has 0 aromatic heterocycles. The van der Waals surface area contributed by atoms with Gasteiger partial charge in [0.05, 0.1) is 19.1 Å². The molecule has 0 aromatic rings. The van der Waals surface area contributed by atoms with Gasteiger partial charge in [0.25, 0.3) is 10.2 Å². The summed E-state index contributed by atoms with van der Waals surface area (Å²) in [4.78, 5) is 13.4. The van der Waals surface area contributed by atoms with E-state index in [0.717, 1.165) is 52.1 Å². The molecule has 8 nitrogen and oxygen atoms in total. The number of piperidine rings is 1. The van der Waals surface area contributed by atoms with Crippen molar-refractivity contribution in [2.45, 2.75) is 32.1 Å². The lowest BCUT2D eigenvalue weighted by Gasteiger charge is -2.29. The highest BCUT2D eigenvalue weighted by molar-refractivity contribution is 7.87. The van der Waals surface area contributed by atoms with Crippen LogP contribution in [0.5, 0.6) is 0 Å². The van der Waals surface area contributed by atoms with Gasteiger partial charge in [-0.25, -0.2) is 4.72 Å². The fourth-order valence-corrected chi connectivity index (χ4v) is 4.45. The smallest absolute Gasteiger partial charge is 0.307 e. The van der Waals surface area contributed by atoms with Crippen LogP contribution >= 0.6 is 0 Å². The van der Waals surface area contributed by atoms with E-state index in [1.165, 1.54) is 4.31 Å². The van der Waals surface area contributed by atoms with E-state index in [4.69, 9.17) is 9.84 Å². The molecule has 0 bridgehead atoms. The Morgan fingerprint density at radius 1 is 1.17 bits per heavy atom. The quantitative estimate of drug-likeness (QED) is 0.565. The van der Waals surface area contributed by atoms with Crippen LogP contribution in [-0.4, -0.2) is 81.2 Å². The lowest BCUT2D eigenvalue weighted by atomic mass is 10.0. The van der Waals surface area contributed by atoms with Crippen molar-refractivity contribution in [3.05, 3.63) is 0 Å². The van der Waals surface area contributed by atoms with Crippen LogP contribution in [0.15, 0.2) is 0 Å². The highest BCUT2D eigenvalue weighted by Gasteiger charge is 2.31. The Hall–Kier alpha value is -0.740. The number of hydrogen-bond acceptors (Lipinski definition) is 5. The van der Waals surface area contributed by atoms with Gasteiger partial charge in [0.15, 0.2) is 0 Å². The normalized spacial score (nSPS) is 24.1. The molecule has 0 saturated carbocycles. The van der Waals surface area contributed by atoms with Gasteiger partial charge in [-0.05, 0) is 32.2 Å². The van der Waals surface area contributed by atoms with E-state index in [1.54, 1.807) is 0 Å². The van der Waals surface area contributed by atoms with Crippen molar-refractivity contribution in [2.24, 2.45) is 5.92 Å². The van der Waals surface area contributed by atoms with Crippen molar-refractivity contribution < 1.29 is 23.1 Å². The number of rotatable bonds is 9. The highest BCUT2D eigenvalue weighted by atomic mass is 32.2. The highest BCUT2D eigenvalue weighted by Crippen LogP contribution is 2.18. The molecule has 0 aliphatic carbocycles. The molecule has 140 valence electrons. The number of hydrogen-bond donors (Lipinski definition) is 2. The number of morpholine rings is 1. The predicted octanol–water partition coefficient (Wildman–Crippen LogP) is 0.120. The Bertz CT molecular complexity index is 493. The summed E-state index contributed by atoms with van der Waals surface area (Å²) in [7, 11) is -3.56. The van der Waals surface area contributed by atoms with E-state index in [2.05, 4.69) is 9.62 Å². The Labute approximate surface area is 144 Å². The van der Waals surface area contributed by atoms with Crippen molar-refractivity contribution in [2.75, 3.05) is 52.5 Å². The lowest BCUT2D eigenvalue weighted by Crippen LogP contribution is -2.47. The molecule has 0 spiro atoms.